The van der Waals surface area contributed by atoms with Crippen LogP contribution in [0.4, 0.5) is 5.69 Å². The number of carbonyl (C=O) groups excluding carboxylic acids is 1. The van der Waals surface area contributed by atoms with Crippen LogP contribution < -0.4 is 14.8 Å². The maximum Gasteiger partial charge on any atom is 0.335 e. The van der Waals surface area contributed by atoms with Crippen molar-refractivity contribution >= 4 is 17.4 Å². The fourth-order valence-electron chi connectivity index (χ4n) is 3.16. The van der Waals surface area contributed by atoms with Crippen molar-refractivity contribution in [3.8, 4) is 11.5 Å². The van der Waals surface area contributed by atoms with Crippen molar-refractivity contribution in [1.82, 2.24) is 0 Å². The van der Waals surface area contributed by atoms with E-state index in [4.69, 9.17) is 14.6 Å². The Kier molecular flexibility index (Phi) is 8.07. The van der Waals surface area contributed by atoms with Crippen LogP contribution in [0, 0.1) is 0 Å². The normalized spacial score (nSPS) is 10.5. The number of carboxylic acid groups (broad SMARTS) is 1. The molecular weight excluding hydrogens is 370 g/mol. The van der Waals surface area contributed by atoms with Gasteiger partial charge in [0, 0.05) is 23.2 Å². The summed E-state index contributed by atoms with van der Waals surface area (Å²) in [5.41, 5.74) is 3.40. The third-order valence-corrected chi connectivity index (χ3v) is 4.62. The molecule has 2 aromatic rings. The van der Waals surface area contributed by atoms with Crippen molar-refractivity contribution in [2.45, 2.75) is 46.6 Å². The summed E-state index contributed by atoms with van der Waals surface area (Å²) in [5, 5.41) is 12.5. The van der Waals surface area contributed by atoms with Gasteiger partial charge in [-0.3, -0.25) is 4.79 Å². The summed E-state index contributed by atoms with van der Waals surface area (Å²) in [6.45, 7) is 6.73. The third-order valence-electron chi connectivity index (χ3n) is 4.62. The number of benzene rings is 2. The minimum absolute atomic E-state index is 0.0124. The molecule has 0 bridgehead atoms. The molecule has 0 fully saturated rings. The van der Waals surface area contributed by atoms with E-state index in [9.17, 15) is 9.59 Å². The molecule has 2 N–H and O–H groups in total. The van der Waals surface area contributed by atoms with Crippen LogP contribution in [-0.4, -0.2) is 30.5 Å². The van der Waals surface area contributed by atoms with Crippen molar-refractivity contribution in [2.24, 2.45) is 0 Å². The van der Waals surface area contributed by atoms with Gasteiger partial charge in [0.1, 0.15) is 18.1 Å². The van der Waals surface area contributed by atoms with E-state index in [1.807, 2.05) is 6.07 Å². The predicted molar refractivity (Wildman–Crippen MR) is 114 cm³/mol. The van der Waals surface area contributed by atoms with Crippen LogP contribution in [0.1, 0.15) is 65.5 Å². The van der Waals surface area contributed by atoms with Crippen molar-refractivity contribution < 1.29 is 24.2 Å². The van der Waals surface area contributed by atoms with Crippen LogP contribution >= 0.6 is 0 Å². The summed E-state index contributed by atoms with van der Waals surface area (Å²) in [7, 11) is 1.50. The molecule has 0 saturated carbocycles. The molecule has 0 heterocycles. The van der Waals surface area contributed by atoms with Crippen molar-refractivity contribution in [1.29, 1.82) is 0 Å². The zero-order valence-corrected chi connectivity index (χ0v) is 17.5. The van der Waals surface area contributed by atoms with Gasteiger partial charge in [-0.05, 0) is 44.0 Å². The third kappa shape index (κ3) is 5.50. The first kappa shape index (κ1) is 22.3. The molecule has 0 amide bonds. The molecule has 0 spiro atoms. The lowest BCUT2D eigenvalue weighted by Crippen LogP contribution is -2.11. The molecule has 156 valence electrons. The summed E-state index contributed by atoms with van der Waals surface area (Å²) in [4.78, 5) is 23.3. The standard InChI is InChI=1S/C23H29NO5/c1-5-7-19-20(11-10-18(15(3)25)22(19)24-12-6-2)29-14-17-9-8-16(23(26)27)13-21(17)28-4/h8-11,13,24H,5-7,12,14H2,1-4H3,(H,26,27). The Bertz CT molecular complexity index is 876. The topological polar surface area (TPSA) is 84.9 Å². The van der Waals surface area contributed by atoms with Gasteiger partial charge >= 0.3 is 5.97 Å². The summed E-state index contributed by atoms with van der Waals surface area (Å²) in [5.74, 6) is 0.178. The number of rotatable bonds is 11. The van der Waals surface area contributed by atoms with Crippen LogP contribution in [0.5, 0.6) is 11.5 Å². The zero-order chi connectivity index (χ0) is 21.4. The lowest BCUT2D eigenvalue weighted by atomic mass is 9.99. The maximum absolute atomic E-state index is 12.1. The number of hydrogen-bond acceptors (Lipinski definition) is 5. The number of ether oxygens (including phenoxy) is 2. The number of aromatic carboxylic acids is 1. The molecule has 0 saturated heterocycles. The number of carboxylic acids is 1. The largest absolute Gasteiger partial charge is 0.496 e. The van der Waals surface area contributed by atoms with E-state index in [1.165, 1.54) is 19.2 Å². The highest BCUT2D eigenvalue weighted by Crippen LogP contribution is 2.33. The first-order chi connectivity index (χ1) is 13.9. The van der Waals surface area contributed by atoms with E-state index in [0.717, 1.165) is 42.6 Å². The van der Waals surface area contributed by atoms with Gasteiger partial charge in [-0.2, -0.15) is 0 Å². The molecule has 0 aliphatic heterocycles. The van der Waals surface area contributed by atoms with Gasteiger partial charge in [-0.15, -0.1) is 0 Å². The Morgan fingerprint density at radius 2 is 1.83 bits per heavy atom. The number of ketones is 1. The van der Waals surface area contributed by atoms with Crippen LogP contribution in [0.15, 0.2) is 30.3 Å². The van der Waals surface area contributed by atoms with Crippen LogP contribution in [0.2, 0.25) is 0 Å². The number of carbonyl (C=O) groups is 2. The molecule has 0 atom stereocenters. The Labute approximate surface area is 171 Å². The Morgan fingerprint density at radius 1 is 1.07 bits per heavy atom. The molecule has 0 radical (unpaired) electrons. The number of anilines is 1. The highest BCUT2D eigenvalue weighted by Gasteiger charge is 2.17. The molecular formula is C23H29NO5. The molecule has 2 aromatic carbocycles. The summed E-state index contributed by atoms with van der Waals surface area (Å²) >= 11 is 0. The summed E-state index contributed by atoms with van der Waals surface area (Å²) < 4.78 is 11.4. The molecule has 2 rings (SSSR count). The number of Topliss-reactive ketones (excluding diaryl/α,β-unsaturated/α-hetero) is 1. The van der Waals surface area contributed by atoms with Crippen molar-refractivity contribution in [2.75, 3.05) is 19.0 Å². The smallest absolute Gasteiger partial charge is 0.335 e. The van der Waals surface area contributed by atoms with Crippen molar-refractivity contribution in [3.05, 3.63) is 52.6 Å². The van der Waals surface area contributed by atoms with Gasteiger partial charge in [0.05, 0.1) is 18.4 Å². The van der Waals surface area contributed by atoms with E-state index in [-0.39, 0.29) is 18.0 Å². The Morgan fingerprint density at radius 3 is 2.41 bits per heavy atom. The van der Waals surface area contributed by atoms with E-state index in [2.05, 4.69) is 19.2 Å². The van der Waals surface area contributed by atoms with Crippen LogP contribution in [-0.2, 0) is 13.0 Å². The maximum atomic E-state index is 12.1. The lowest BCUT2D eigenvalue weighted by Gasteiger charge is -2.20. The number of nitrogens with one attached hydrogen (secondary N) is 1. The molecule has 6 heteroatoms. The first-order valence-electron chi connectivity index (χ1n) is 9.86. The number of methoxy groups -OCH3 is 1. The second-order valence-corrected chi connectivity index (χ2v) is 6.82. The van der Waals surface area contributed by atoms with E-state index >= 15 is 0 Å². The minimum atomic E-state index is -1.01. The van der Waals surface area contributed by atoms with Gasteiger partial charge in [0.15, 0.2) is 5.78 Å². The van der Waals surface area contributed by atoms with Gasteiger partial charge in [0.2, 0.25) is 0 Å². The van der Waals surface area contributed by atoms with Gasteiger partial charge < -0.3 is 19.9 Å². The lowest BCUT2D eigenvalue weighted by molar-refractivity contribution is 0.0696. The molecule has 0 aliphatic rings. The fourth-order valence-corrected chi connectivity index (χ4v) is 3.16. The van der Waals surface area contributed by atoms with E-state index < -0.39 is 5.97 Å². The predicted octanol–water partition coefficient (Wildman–Crippen LogP) is 4.95. The molecule has 29 heavy (non-hydrogen) atoms. The monoisotopic (exact) mass is 399 g/mol. The van der Waals surface area contributed by atoms with E-state index in [1.54, 1.807) is 19.1 Å². The van der Waals surface area contributed by atoms with E-state index in [0.29, 0.717) is 17.1 Å². The zero-order valence-electron chi connectivity index (χ0n) is 17.5. The highest BCUT2D eigenvalue weighted by atomic mass is 16.5. The quantitative estimate of drug-likeness (QED) is 0.520. The minimum Gasteiger partial charge on any atom is -0.496 e. The van der Waals surface area contributed by atoms with Crippen LogP contribution in [0.25, 0.3) is 0 Å². The summed E-state index contributed by atoms with van der Waals surface area (Å²) in [6, 6.07) is 8.34. The van der Waals surface area contributed by atoms with Crippen LogP contribution in [0.3, 0.4) is 0 Å². The average molecular weight is 399 g/mol. The van der Waals surface area contributed by atoms with Gasteiger partial charge in [-0.25, -0.2) is 4.79 Å². The molecule has 0 unspecified atom stereocenters. The summed E-state index contributed by atoms with van der Waals surface area (Å²) in [6.07, 6.45) is 2.63. The highest BCUT2D eigenvalue weighted by molar-refractivity contribution is 6.00. The Balaban J connectivity index is 2.37. The second kappa shape index (κ2) is 10.5. The molecule has 0 aliphatic carbocycles. The number of hydrogen-bond donors (Lipinski definition) is 2. The van der Waals surface area contributed by atoms with Crippen molar-refractivity contribution in [3.63, 3.8) is 0 Å². The molecule has 0 aromatic heterocycles. The second-order valence-electron chi connectivity index (χ2n) is 6.82. The van der Waals surface area contributed by atoms with Gasteiger partial charge in [-0.1, -0.05) is 26.3 Å². The fraction of sp³-hybridized carbons (Fsp3) is 0.391. The SMILES string of the molecule is CCCNc1c(C(C)=O)ccc(OCc2ccc(C(=O)O)cc2OC)c1CCC. The average Bonchev–Trinajstić information content (AvgIpc) is 2.71. The first-order valence-corrected chi connectivity index (χ1v) is 9.86. The molecule has 6 nitrogen and oxygen atoms in total. The Hall–Kier alpha value is -3.02. The van der Waals surface area contributed by atoms with Gasteiger partial charge in [0.25, 0.3) is 0 Å².